The molecule has 3 nitrogen and oxygen atoms in total. The molecule has 19 heavy (non-hydrogen) atoms. The van der Waals surface area contributed by atoms with Gasteiger partial charge in [-0.1, -0.05) is 22.0 Å². The molecule has 1 atom stereocenters. The zero-order chi connectivity index (χ0) is 14.0. The highest BCUT2D eigenvalue weighted by atomic mass is 79.9. The Labute approximate surface area is 121 Å². The quantitative estimate of drug-likeness (QED) is 0.912. The normalized spacial score (nSPS) is 21.2. The summed E-state index contributed by atoms with van der Waals surface area (Å²) < 4.78 is 36.5. The predicted octanol–water partition coefficient (Wildman–Crippen LogP) is 2.82. The van der Waals surface area contributed by atoms with Gasteiger partial charge in [0.15, 0.2) is 0 Å². The molecule has 1 N–H and O–H groups in total. The molecule has 106 valence electrons. The highest BCUT2D eigenvalue weighted by Gasteiger charge is 2.25. The summed E-state index contributed by atoms with van der Waals surface area (Å²) in [4.78, 5) is 0. The average molecular weight is 350 g/mol. The van der Waals surface area contributed by atoms with Crippen LogP contribution in [0.15, 0.2) is 22.7 Å². The van der Waals surface area contributed by atoms with E-state index in [1.54, 1.807) is 6.07 Å². The van der Waals surface area contributed by atoms with E-state index < -0.39 is 9.84 Å². The van der Waals surface area contributed by atoms with Gasteiger partial charge in [-0.15, -0.1) is 0 Å². The summed E-state index contributed by atoms with van der Waals surface area (Å²) in [5.41, 5.74) is 0.981. The minimum absolute atomic E-state index is 0.0563. The molecule has 0 saturated carbocycles. The van der Waals surface area contributed by atoms with Crippen LogP contribution in [0, 0.1) is 5.82 Å². The molecule has 1 heterocycles. The van der Waals surface area contributed by atoms with E-state index in [4.69, 9.17) is 0 Å². The van der Waals surface area contributed by atoms with Gasteiger partial charge < -0.3 is 5.32 Å². The maximum Gasteiger partial charge on any atom is 0.150 e. The first-order valence-electron chi connectivity index (χ1n) is 6.29. The summed E-state index contributed by atoms with van der Waals surface area (Å²) >= 11 is 3.35. The molecule has 0 aromatic heterocycles. The lowest BCUT2D eigenvalue weighted by atomic mass is 10.1. The summed E-state index contributed by atoms with van der Waals surface area (Å²) in [6, 6.07) is 4.88. The summed E-state index contributed by atoms with van der Waals surface area (Å²) in [6.07, 6.45) is 1.29. The SMILES string of the molecule is CC(NC1CCS(=O)(=O)CC1)c1ccc(F)cc1Br. The topological polar surface area (TPSA) is 46.2 Å². The minimum atomic E-state index is -2.83. The Kier molecular flexibility index (Phi) is 4.63. The van der Waals surface area contributed by atoms with Gasteiger partial charge in [-0.05, 0) is 37.5 Å². The van der Waals surface area contributed by atoms with E-state index in [0.717, 1.165) is 10.0 Å². The monoisotopic (exact) mass is 349 g/mol. The number of sulfone groups is 1. The molecule has 0 bridgehead atoms. The first-order chi connectivity index (χ1) is 8.87. The van der Waals surface area contributed by atoms with Crippen LogP contribution in [0.5, 0.6) is 0 Å². The van der Waals surface area contributed by atoms with Crippen molar-refractivity contribution in [3.63, 3.8) is 0 Å². The number of hydrogen-bond acceptors (Lipinski definition) is 3. The molecule has 0 radical (unpaired) electrons. The Morgan fingerprint density at radius 3 is 2.58 bits per heavy atom. The Morgan fingerprint density at radius 1 is 1.37 bits per heavy atom. The van der Waals surface area contributed by atoms with Crippen molar-refractivity contribution < 1.29 is 12.8 Å². The summed E-state index contributed by atoms with van der Waals surface area (Å²) in [5.74, 6) is 0.232. The minimum Gasteiger partial charge on any atom is -0.307 e. The van der Waals surface area contributed by atoms with Crippen LogP contribution in [-0.4, -0.2) is 26.0 Å². The van der Waals surface area contributed by atoms with E-state index in [1.807, 2.05) is 6.92 Å². The van der Waals surface area contributed by atoms with Gasteiger partial charge in [0, 0.05) is 16.6 Å². The summed E-state index contributed by atoms with van der Waals surface area (Å²) in [5, 5.41) is 3.42. The molecule has 2 rings (SSSR count). The van der Waals surface area contributed by atoms with Crippen LogP contribution in [0.2, 0.25) is 0 Å². The zero-order valence-electron chi connectivity index (χ0n) is 10.7. The van der Waals surface area contributed by atoms with Gasteiger partial charge in [-0.25, -0.2) is 12.8 Å². The molecule has 1 saturated heterocycles. The van der Waals surface area contributed by atoms with Crippen molar-refractivity contribution in [1.82, 2.24) is 5.32 Å². The van der Waals surface area contributed by atoms with E-state index >= 15 is 0 Å². The fourth-order valence-corrected chi connectivity index (χ4v) is 4.54. The molecule has 1 aromatic carbocycles. The average Bonchev–Trinajstić information content (AvgIpc) is 2.31. The van der Waals surface area contributed by atoms with Gasteiger partial charge in [-0.3, -0.25) is 0 Å². The van der Waals surface area contributed by atoms with E-state index in [9.17, 15) is 12.8 Å². The second-order valence-electron chi connectivity index (χ2n) is 4.98. The van der Waals surface area contributed by atoms with Gasteiger partial charge in [0.1, 0.15) is 15.7 Å². The van der Waals surface area contributed by atoms with Crippen molar-refractivity contribution in [2.24, 2.45) is 0 Å². The molecule has 1 fully saturated rings. The van der Waals surface area contributed by atoms with E-state index in [1.165, 1.54) is 12.1 Å². The van der Waals surface area contributed by atoms with Crippen molar-refractivity contribution in [3.8, 4) is 0 Å². The first-order valence-corrected chi connectivity index (χ1v) is 8.90. The number of halogens is 2. The zero-order valence-corrected chi connectivity index (χ0v) is 13.1. The lowest BCUT2D eigenvalue weighted by Crippen LogP contribution is -2.38. The second kappa shape index (κ2) is 5.89. The highest BCUT2D eigenvalue weighted by molar-refractivity contribution is 9.10. The second-order valence-corrected chi connectivity index (χ2v) is 8.14. The van der Waals surface area contributed by atoms with Crippen molar-refractivity contribution in [3.05, 3.63) is 34.1 Å². The Balaban J connectivity index is 2.00. The van der Waals surface area contributed by atoms with Crippen LogP contribution >= 0.6 is 15.9 Å². The Bertz CT molecular complexity index is 548. The molecule has 6 heteroatoms. The summed E-state index contributed by atoms with van der Waals surface area (Å²) in [7, 11) is -2.83. The smallest absolute Gasteiger partial charge is 0.150 e. The van der Waals surface area contributed by atoms with Crippen molar-refractivity contribution in [2.45, 2.75) is 31.8 Å². The highest BCUT2D eigenvalue weighted by Crippen LogP contribution is 2.25. The molecule has 1 unspecified atom stereocenters. The molecule has 0 amide bonds. The maximum atomic E-state index is 13.0. The van der Waals surface area contributed by atoms with Crippen LogP contribution < -0.4 is 5.32 Å². The number of rotatable bonds is 3. The molecule has 1 aliphatic rings. The van der Waals surface area contributed by atoms with Crippen molar-refractivity contribution >= 4 is 25.8 Å². The molecular formula is C13H17BrFNO2S. The van der Waals surface area contributed by atoms with Crippen LogP contribution in [0.3, 0.4) is 0 Å². The number of hydrogen-bond donors (Lipinski definition) is 1. The van der Waals surface area contributed by atoms with Crippen molar-refractivity contribution in [1.29, 1.82) is 0 Å². The van der Waals surface area contributed by atoms with Gasteiger partial charge in [0.25, 0.3) is 0 Å². The van der Waals surface area contributed by atoms with Gasteiger partial charge in [0.05, 0.1) is 11.5 Å². The fourth-order valence-electron chi connectivity index (χ4n) is 2.35. The lowest BCUT2D eigenvalue weighted by Gasteiger charge is -2.27. The van der Waals surface area contributed by atoms with E-state index in [0.29, 0.717) is 12.8 Å². The number of benzene rings is 1. The third-order valence-corrected chi connectivity index (χ3v) is 5.87. The van der Waals surface area contributed by atoms with E-state index in [-0.39, 0.29) is 29.4 Å². The van der Waals surface area contributed by atoms with Crippen LogP contribution in [0.25, 0.3) is 0 Å². The van der Waals surface area contributed by atoms with Crippen LogP contribution in [-0.2, 0) is 9.84 Å². The molecule has 0 spiro atoms. The molecule has 1 aromatic rings. The Hall–Kier alpha value is -0.460. The molecule has 1 aliphatic heterocycles. The van der Waals surface area contributed by atoms with Crippen LogP contribution in [0.1, 0.15) is 31.4 Å². The predicted molar refractivity (Wildman–Crippen MR) is 77.3 cm³/mol. The van der Waals surface area contributed by atoms with Crippen molar-refractivity contribution in [2.75, 3.05) is 11.5 Å². The summed E-state index contributed by atoms with van der Waals surface area (Å²) in [6.45, 7) is 2.00. The fraction of sp³-hybridized carbons (Fsp3) is 0.538. The molecule has 0 aliphatic carbocycles. The van der Waals surface area contributed by atoms with E-state index in [2.05, 4.69) is 21.2 Å². The van der Waals surface area contributed by atoms with Crippen LogP contribution in [0.4, 0.5) is 4.39 Å². The van der Waals surface area contributed by atoms with Gasteiger partial charge >= 0.3 is 0 Å². The largest absolute Gasteiger partial charge is 0.307 e. The Morgan fingerprint density at radius 2 is 2.00 bits per heavy atom. The molecular weight excluding hydrogens is 333 g/mol. The third kappa shape index (κ3) is 4.00. The lowest BCUT2D eigenvalue weighted by molar-refractivity contribution is 0.419. The standard InChI is InChI=1S/C13H17BrFNO2S/c1-9(12-3-2-10(15)8-13(12)14)16-11-4-6-19(17,18)7-5-11/h2-3,8-9,11,16H,4-7H2,1H3. The van der Waals surface area contributed by atoms with Gasteiger partial charge in [-0.2, -0.15) is 0 Å². The first kappa shape index (κ1) is 14.9. The van der Waals surface area contributed by atoms with Gasteiger partial charge in [0.2, 0.25) is 0 Å². The third-order valence-electron chi connectivity index (χ3n) is 3.47. The maximum absolute atomic E-state index is 13.0. The number of nitrogens with one attached hydrogen (secondary N) is 1.